The first kappa shape index (κ1) is 9.52. The lowest BCUT2D eigenvalue weighted by Crippen LogP contribution is -2.57. The summed E-state index contributed by atoms with van der Waals surface area (Å²) in [6.07, 6.45) is 4.07. The molecule has 0 radical (unpaired) electrons. The summed E-state index contributed by atoms with van der Waals surface area (Å²) in [4.78, 5) is 13.2. The highest BCUT2D eigenvalue weighted by Crippen LogP contribution is 2.09. The van der Waals surface area contributed by atoms with Crippen molar-refractivity contribution in [1.82, 2.24) is 4.90 Å². The van der Waals surface area contributed by atoms with Gasteiger partial charge in [-0.25, -0.2) is 0 Å². The maximum Gasteiger partial charge on any atom is 0.222 e. The number of hydrogen-bond donors (Lipinski definition) is 1. The Morgan fingerprint density at radius 2 is 2.17 bits per heavy atom. The van der Waals surface area contributed by atoms with Gasteiger partial charge >= 0.3 is 0 Å². The van der Waals surface area contributed by atoms with Gasteiger partial charge in [-0.3, -0.25) is 4.79 Å². The van der Waals surface area contributed by atoms with Crippen LogP contribution >= 0.6 is 0 Å². The molecule has 2 N–H and O–H groups in total. The SMILES string of the molecule is CCCCCC(=O)N1CC(N)C1. The van der Waals surface area contributed by atoms with Crippen LogP contribution in [-0.4, -0.2) is 29.9 Å². The van der Waals surface area contributed by atoms with Gasteiger partial charge in [0, 0.05) is 25.6 Å². The van der Waals surface area contributed by atoms with E-state index in [9.17, 15) is 4.79 Å². The molecule has 0 aromatic carbocycles. The molecule has 3 nitrogen and oxygen atoms in total. The van der Waals surface area contributed by atoms with Gasteiger partial charge in [0.1, 0.15) is 0 Å². The van der Waals surface area contributed by atoms with Gasteiger partial charge in [0.25, 0.3) is 0 Å². The maximum absolute atomic E-state index is 11.3. The highest BCUT2D eigenvalue weighted by atomic mass is 16.2. The van der Waals surface area contributed by atoms with Crippen molar-refractivity contribution >= 4 is 5.91 Å². The zero-order valence-corrected chi connectivity index (χ0v) is 7.75. The Hall–Kier alpha value is -0.570. The zero-order chi connectivity index (χ0) is 8.97. The first-order valence-electron chi connectivity index (χ1n) is 4.77. The molecule has 0 saturated carbocycles. The molecule has 1 aliphatic rings. The Balaban J connectivity index is 2.04. The van der Waals surface area contributed by atoms with E-state index in [1.165, 1.54) is 6.42 Å². The van der Waals surface area contributed by atoms with Crippen LogP contribution in [0.4, 0.5) is 0 Å². The Labute approximate surface area is 73.9 Å². The molecule has 1 amide bonds. The number of hydrogen-bond acceptors (Lipinski definition) is 2. The number of carbonyl (C=O) groups is 1. The van der Waals surface area contributed by atoms with Crippen molar-refractivity contribution < 1.29 is 4.79 Å². The molecule has 70 valence electrons. The first-order chi connectivity index (χ1) is 5.74. The molecular formula is C9H18N2O. The molecule has 1 heterocycles. The van der Waals surface area contributed by atoms with Crippen molar-refractivity contribution in [3.8, 4) is 0 Å². The van der Waals surface area contributed by atoms with Crippen LogP contribution in [0.5, 0.6) is 0 Å². The number of nitrogens with zero attached hydrogens (tertiary/aromatic N) is 1. The predicted molar refractivity (Wildman–Crippen MR) is 48.7 cm³/mol. The highest BCUT2D eigenvalue weighted by molar-refractivity contribution is 5.77. The minimum Gasteiger partial charge on any atom is -0.339 e. The van der Waals surface area contributed by atoms with Crippen molar-refractivity contribution in [3.05, 3.63) is 0 Å². The van der Waals surface area contributed by atoms with E-state index in [0.717, 1.165) is 25.9 Å². The molecule has 1 aliphatic heterocycles. The van der Waals surface area contributed by atoms with Crippen molar-refractivity contribution in [2.24, 2.45) is 5.73 Å². The number of amides is 1. The number of nitrogens with two attached hydrogens (primary N) is 1. The van der Waals surface area contributed by atoms with E-state index in [4.69, 9.17) is 5.73 Å². The normalized spacial score (nSPS) is 17.7. The lowest BCUT2D eigenvalue weighted by Gasteiger charge is -2.36. The second kappa shape index (κ2) is 4.45. The topological polar surface area (TPSA) is 46.3 Å². The summed E-state index contributed by atoms with van der Waals surface area (Å²) in [5.41, 5.74) is 5.57. The molecule has 1 rings (SSSR count). The van der Waals surface area contributed by atoms with E-state index in [-0.39, 0.29) is 11.9 Å². The Morgan fingerprint density at radius 1 is 1.50 bits per heavy atom. The lowest BCUT2D eigenvalue weighted by molar-refractivity contribution is -0.135. The van der Waals surface area contributed by atoms with E-state index in [1.807, 2.05) is 4.90 Å². The standard InChI is InChI=1S/C9H18N2O/c1-2-3-4-5-9(12)11-6-8(10)7-11/h8H,2-7,10H2,1H3. The van der Waals surface area contributed by atoms with Crippen LogP contribution in [0.15, 0.2) is 0 Å². The fraction of sp³-hybridized carbons (Fsp3) is 0.889. The lowest BCUT2D eigenvalue weighted by atomic mass is 10.1. The third kappa shape index (κ3) is 2.48. The van der Waals surface area contributed by atoms with Crippen LogP contribution in [-0.2, 0) is 4.79 Å². The van der Waals surface area contributed by atoms with Crippen LogP contribution in [0.3, 0.4) is 0 Å². The van der Waals surface area contributed by atoms with Crippen LogP contribution in [0.2, 0.25) is 0 Å². The summed E-state index contributed by atoms with van der Waals surface area (Å²) >= 11 is 0. The average molecular weight is 170 g/mol. The van der Waals surface area contributed by atoms with Crippen molar-refractivity contribution in [2.75, 3.05) is 13.1 Å². The maximum atomic E-state index is 11.3. The van der Waals surface area contributed by atoms with Crippen LogP contribution in [0.25, 0.3) is 0 Å². The number of unbranched alkanes of at least 4 members (excludes halogenated alkanes) is 2. The predicted octanol–water partition coefficient (Wildman–Crippen LogP) is 0.736. The van der Waals surface area contributed by atoms with Crippen LogP contribution in [0, 0.1) is 0 Å². The Morgan fingerprint density at radius 3 is 2.67 bits per heavy atom. The second-order valence-electron chi connectivity index (χ2n) is 3.52. The van der Waals surface area contributed by atoms with E-state index in [2.05, 4.69) is 6.92 Å². The minimum absolute atomic E-state index is 0.236. The van der Waals surface area contributed by atoms with Crippen molar-refractivity contribution in [3.63, 3.8) is 0 Å². The molecule has 0 aromatic rings. The summed E-state index contributed by atoms with van der Waals surface area (Å²) in [7, 11) is 0. The van der Waals surface area contributed by atoms with Crippen molar-refractivity contribution in [1.29, 1.82) is 0 Å². The largest absolute Gasteiger partial charge is 0.339 e. The second-order valence-corrected chi connectivity index (χ2v) is 3.52. The quantitative estimate of drug-likeness (QED) is 0.632. The monoisotopic (exact) mass is 170 g/mol. The third-order valence-electron chi connectivity index (χ3n) is 2.26. The van der Waals surface area contributed by atoms with Crippen LogP contribution < -0.4 is 5.73 Å². The van der Waals surface area contributed by atoms with Gasteiger partial charge in [0.15, 0.2) is 0 Å². The Bertz CT molecular complexity index is 153. The number of carbonyl (C=O) groups excluding carboxylic acids is 1. The van der Waals surface area contributed by atoms with Gasteiger partial charge < -0.3 is 10.6 Å². The molecule has 0 unspecified atom stereocenters. The molecule has 0 bridgehead atoms. The van der Waals surface area contributed by atoms with Gasteiger partial charge in [-0.1, -0.05) is 19.8 Å². The smallest absolute Gasteiger partial charge is 0.222 e. The fourth-order valence-corrected chi connectivity index (χ4v) is 1.40. The van der Waals surface area contributed by atoms with Gasteiger partial charge in [-0.15, -0.1) is 0 Å². The number of likely N-dealkylation sites (tertiary alicyclic amines) is 1. The van der Waals surface area contributed by atoms with E-state index < -0.39 is 0 Å². The average Bonchev–Trinajstić information content (AvgIpc) is 1.99. The van der Waals surface area contributed by atoms with Gasteiger partial charge in [0.05, 0.1) is 0 Å². The summed E-state index contributed by atoms with van der Waals surface area (Å²) in [6.45, 7) is 3.68. The van der Waals surface area contributed by atoms with E-state index in [1.54, 1.807) is 0 Å². The molecule has 1 fully saturated rings. The highest BCUT2D eigenvalue weighted by Gasteiger charge is 2.26. The third-order valence-corrected chi connectivity index (χ3v) is 2.26. The molecular weight excluding hydrogens is 152 g/mol. The van der Waals surface area contributed by atoms with E-state index >= 15 is 0 Å². The summed E-state index contributed by atoms with van der Waals surface area (Å²) in [5.74, 6) is 0.283. The van der Waals surface area contributed by atoms with Gasteiger partial charge in [-0.05, 0) is 6.42 Å². The molecule has 12 heavy (non-hydrogen) atoms. The summed E-state index contributed by atoms with van der Waals surface area (Å²) in [5, 5.41) is 0. The zero-order valence-electron chi connectivity index (χ0n) is 7.75. The van der Waals surface area contributed by atoms with Crippen molar-refractivity contribution in [2.45, 2.75) is 38.6 Å². The van der Waals surface area contributed by atoms with E-state index in [0.29, 0.717) is 6.42 Å². The summed E-state index contributed by atoms with van der Waals surface area (Å²) in [6, 6.07) is 0.236. The van der Waals surface area contributed by atoms with Crippen LogP contribution in [0.1, 0.15) is 32.6 Å². The molecule has 0 spiro atoms. The van der Waals surface area contributed by atoms with Gasteiger partial charge in [-0.2, -0.15) is 0 Å². The Kier molecular flexibility index (Phi) is 3.53. The fourth-order valence-electron chi connectivity index (χ4n) is 1.40. The molecule has 1 saturated heterocycles. The van der Waals surface area contributed by atoms with Gasteiger partial charge in [0.2, 0.25) is 5.91 Å². The molecule has 3 heteroatoms. The molecule has 0 aromatic heterocycles. The molecule has 0 atom stereocenters. The summed E-state index contributed by atoms with van der Waals surface area (Å²) < 4.78 is 0. The number of rotatable bonds is 4. The first-order valence-corrected chi connectivity index (χ1v) is 4.77. The minimum atomic E-state index is 0.236. The molecule has 0 aliphatic carbocycles.